The van der Waals surface area contributed by atoms with E-state index in [-0.39, 0.29) is 6.10 Å². The number of nitrogens with zero attached hydrogens (tertiary/aromatic N) is 3. The summed E-state index contributed by atoms with van der Waals surface area (Å²) < 4.78 is 0. The molecule has 8 rings (SSSR count). The van der Waals surface area contributed by atoms with Crippen molar-refractivity contribution in [3.63, 3.8) is 0 Å². The highest BCUT2D eigenvalue weighted by Crippen LogP contribution is 2.56. The summed E-state index contributed by atoms with van der Waals surface area (Å²) in [5.74, 6) is 4.08. The van der Waals surface area contributed by atoms with Crippen LogP contribution in [0.25, 0.3) is 0 Å². The largest absolute Gasteiger partial charge is 0.392 e. The van der Waals surface area contributed by atoms with Gasteiger partial charge in [-0.05, 0) is 93.0 Å². The van der Waals surface area contributed by atoms with Crippen LogP contribution in [0.4, 0.5) is 23.1 Å². The van der Waals surface area contributed by atoms with Crippen LogP contribution in [-0.2, 0) is 0 Å². The molecule has 34 heavy (non-hydrogen) atoms. The average molecular weight is 462 g/mol. The van der Waals surface area contributed by atoms with Crippen molar-refractivity contribution < 1.29 is 10.2 Å². The molecule has 6 aliphatic rings. The van der Waals surface area contributed by atoms with E-state index in [4.69, 9.17) is 4.98 Å². The molecule has 1 aromatic heterocycles. The van der Waals surface area contributed by atoms with E-state index in [1.807, 2.05) is 12.3 Å². The predicted octanol–water partition coefficient (Wildman–Crippen LogP) is 3.78. The molecule has 7 nitrogen and oxygen atoms in total. The lowest BCUT2D eigenvalue weighted by Crippen LogP contribution is -2.59. The van der Waals surface area contributed by atoms with Crippen molar-refractivity contribution >= 4 is 23.1 Å². The fourth-order valence-corrected chi connectivity index (χ4v) is 8.18. The smallest absolute Gasteiger partial charge is 0.229 e. The topological polar surface area (TPSA) is 93.5 Å². The lowest BCUT2D eigenvalue weighted by Gasteiger charge is -2.58. The first-order valence-corrected chi connectivity index (χ1v) is 13.1. The Labute approximate surface area is 201 Å². The van der Waals surface area contributed by atoms with Crippen molar-refractivity contribution in [2.24, 2.45) is 29.6 Å². The van der Waals surface area contributed by atoms with Gasteiger partial charge in [0.2, 0.25) is 5.95 Å². The zero-order chi connectivity index (χ0) is 22.9. The molecule has 1 aromatic carbocycles. The van der Waals surface area contributed by atoms with Crippen LogP contribution < -0.4 is 15.5 Å². The maximum absolute atomic E-state index is 10.9. The van der Waals surface area contributed by atoms with E-state index in [2.05, 4.69) is 44.8 Å². The van der Waals surface area contributed by atoms with E-state index in [1.54, 1.807) is 0 Å². The van der Waals surface area contributed by atoms with Crippen LogP contribution in [0.3, 0.4) is 0 Å². The average Bonchev–Trinajstić information content (AvgIpc) is 3.01. The summed E-state index contributed by atoms with van der Waals surface area (Å²) in [7, 11) is 0. The number of aromatic nitrogens is 2. The van der Waals surface area contributed by atoms with Gasteiger partial charge in [-0.25, -0.2) is 4.98 Å². The molecule has 7 heteroatoms. The summed E-state index contributed by atoms with van der Waals surface area (Å²) in [5.41, 5.74) is 1.78. The van der Waals surface area contributed by atoms with E-state index in [1.165, 1.54) is 18.5 Å². The maximum Gasteiger partial charge on any atom is 0.229 e. The van der Waals surface area contributed by atoms with Gasteiger partial charge >= 0.3 is 0 Å². The van der Waals surface area contributed by atoms with Crippen LogP contribution in [0.2, 0.25) is 0 Å². The van der Waals surface area contributed by atoms with E-state index in [0.29, 0.717) is 41.6 Å². The van der Waals surface area contributed by atoms with E-state index in [9.17, 15) is 10.2 Å². The molecule has 1 saturated heterocycles. The quantitative estimate of drug-likeness (QED) is 0.538. The molecule has 6 fully saturated rings. The van der Waals surface area contributed by atoms with Crippen molar-refractivity contribution in [1.29, 1.82) is 0 Å². The van der Waals surface area contributed by atoms with Gasteiger partial charge in [-0.1, -0.05) is 0 Å². The molecule has 4 N–H and O–H groups in total. The van der Waals surface area contributed by atoms with Crippen molar-refractivity contribution in [2.75, 3.05) is 28.6 Å². The zero-order valence-electron chi connectivity index (χ0n) is 19.6. The Hall–Kier alpha value is -2.38. The van der Waals surface area contributed by atoms with Crippen molar-refractivity contribution in [3.05, 3.63) is 36.5 Å². The molecule has 0 amide bonds. The predicted molar refractivity (Wildman–Crippen MR) is 132 cm³/mol. The number of aliphatic hydroxyl groups is 2. The molecule has 5 saturated carbocycles. The van der Waals surface area contributed by atoms with Gasteiger partial charge in [-0.15, -0.1) is 0 Å². The highest BCUT2D eigenvalue weighted by molar-refractivity contribution is 5.60. The third kappa shape index (κ3) is 3.64. The molecule has 6 bridgehead atoms. The zero-order valence-corrected chi connectivity index (χ0v) is 19.6. The molecular weight excluding hydrogens is 426 g/mol. The second-order valence-electron chi connectivity index (χ2n) is 11.8. The van der Waals surface area contributed by atoms with Gasteiger partial charge in [0.15, 0.2) is 0 Å². The van der Waals surface area contributed by atoms with Crippen molar-refractivity contribution in [1.82, 2.24) is 9.97 Å². The van der Waals surface area contributed by atoms with Crippen LogP contribution in [0.5, 0.6) is 0 Å². The van der Waals surface area contributed by atoms with Crippen molar-refractivity contribution in [2.45, 2.75) is 62.7 Å². The number of hydrogen-bond donors (Lipinski definition) is 4. The highest BCUT2D eigenvalue weighted by Gasteiger charge is 2.54. The third-order valence-electron chi connectivity index (χ3n) is 9.48. The number of fused-ring (bicyclic) bond motifs is 2. The van der Waals surface area contributed by atoms with Gasteiger partial charge in [-0.3, -0.25) is 0 Å². The molecule has 180 valence electrons. The summed E-state index contributed by atoms with van der Waals surface area (Å²) in [5, 5.41) is 28.2. The number of rotatable bonds is 5. The van der Waals surface area contributed by atoms with Crippen LogP contribution in [0.1, 0.15) is 44.9 Å². The van der Waals surface area contributed by atoms with Gasteiger partial charge in [0.1, 0.15) is 5.82 Å². The Kier molecular flexibility index (Phi) is 4.82. The number of anilines is 4. The molecule has 4 atom stereocenters. The normalized spacial score (nSPS) is 39.9. The van der Waals surface area contributed by atoms with Gasteiger partial charge in [0.05, 0.1) is 11.7 Å². The second-order valence-corrected chi connectivity index (χ2v) is 11.8. The van der Waals surface area contributed by atoms with E-state index < -0.39 is 5.60 Å². The first-order chi connectivity index (χ1) is 16.5. The Bertz CT molecular complexity index is 1030. The van der Waals surface area contributed by atoms with Gasteiger partial charge < -0.3 is 25.7 Å². The van der Waals surface area contributed by atoms with Crippen LogP contribution in [0.15, 0.2) is 36.5 Å². The number of benzene rings is 1. The summed E-state index contributed by atoms with van der Waals surface area (Å²) in [6.07, 6.45) is 9.32. The lowest BCUT2D eigenvalue weighted by atomic mass is 9.52. The molecular formula is C27H35N5O2. The molecule has 2 heterocycles. The van der Waals surface area contributed by atoms with Crippen LogP contribution in [0, 0.1) is 29.6 Å². The molecule has 0 spiro atoms. The summed E-state index contributed by atoms with van der Waals surface area (Å²) in [4.78, 5) is 11.6. The fraction of sp³-hybridized carbons (Fsp3) is 0.630. The molecule has 2 aromatic rings. The minimum atomic E-state index is -0.410. The fourth-order valence-electron chi connectivity index (χ4n) is 8.18. The van der Waals surface area contributed by atoms with Crippen LogP contribution in [-0.4, -0.2) is 51.0 Å². The minimum Gasteiger partial charge on any atom is -0.392 e. The first-order valence-electron chi connectivity index (χ1n) is 13.1. The Morgan fingerprint density at radius 2 is 1.62 bits per heavy atom. The van der Waals surface area contributed by atoms with Gasteiger partial charge in [0, 0.05) is 48.5 Å². The monoisotopic (exact) mass is 461 g/mol. The molecule has 5 aliphatic carbocycles. The van der Waals surface area contributed by atoms with Gasteiger partial charge in [-0.2, -0.15) is 4.98 Å². The van der Waals surface area contributed by atoms with E-state index >= 15 is 0 Å². The number of hydrogen-bond acceptors (Lipinski definition) is 7. The van der Waals surface area contributed by atoms with E-state index in [0.717, 1.165) is 56.7 Å². The Balaban J connectivity index is 1.01. The standard InChI is InChI=1S/C27H35N5O2/c33-25-17-1-2-18(25)15-32(14-17)22-5-3-21(4-6-22)29-26-28-8-7-23(31-26)30-24-19-9-16-10-20(24)13-27(34,11-16)12-19/h3-8,16-20,24-25,33-34H,1-2,9-15H2,(H2,28,29,30,31). The van der Waals surface area contributed by atoms with Crippen molar-refractivity contribution in [3.8, 4) is 0 Å². The molecule has 1 aliphatic heterocycles. The Morgan fingerprint density at radius 1 is 0.912 bits per heavy atom. The maximum atomic E-state index is 10.9. The second kappa shape index (κ2) is 7.82. The number of nitrogens with one attached hydrogen (secondary N) is 2. The van der Waals surface area contributed by atoms with Gasteiger partial charge in [0.25, 0.3) is 0 Å². The third-order valence-corrected chi connectivity index (χ3v) is 9.48. The number of piperidine rings is 1. The summed E-state index contributed by atoms with van der Waals surface area (Å²) in [6, 6.07) is 10.8. The molecule has 0 radical (unpaired) electrons. The molecule has 4 unspecified atom stereocenters. The highest BCUT2D eigenvalue weighted by atomic mass is 16.3. The lowest BCUT2D eigenvalue weighted by molar-refractivity contribution is -0.129. The minimum absolute atomic E-state index is 0.112. The van der Waals surface area contributed by atoms with Crippen LogP contribution >= 0.6 is 0 Å². The summed E-state index contributed by atoms with van der Waals surface area (Å²) >= 11 is 0. The Morgan fingerprint density at radius 3 is 2.29 bits per heavy atom. The number of aliphatic hydroxyl groups excluding tert-OH is 1. The first kappa shape index (κ1) is 20.9. The summed E-state index contributed by atoms with van der Waals surface area (Å²) in [6.45, 7) is 1.89. The SMILES string of the molecule is OC1C2CCC1CN(c1ccc(Nc3nccc(NC4C5CC6CC4CC(O)(C6)C5)n3)cc1)C2.